The zero-order valence-corrected chi connectivity index (χ0v) is 10.7. The van der Waals surface area contributed by atoms with Crippen LogP contribution in [0, 0.1) is 6.92 Å². The molecule has 3 N–H and O–H groups in total. The average Bonchev–Trinajstić information content (AvgIpc) is 2.64. The van der Waals surface area contributed by atoms with E-state index in [0.29, 0.717) is 13.3 Å². The van der Waals surface area contributed by atoms with Crippen LogP contribution in [0.15, 0.2) is 12.1 Å². The molecule has 1 aromatic rings. The molecule has 1 heterocycles. The molecule has 4 heteroatoms. The van der Waals surface area contributed by atoms with Crippen molar-refractivity contribution >= 4 is 5.69 Å². The molecule has 0 unspecified atom stereocenters. The van der Waals surface area contributed by atoms with Gasteiger partial charge in [-0.3, -0.25) is 0 Å². The van der Waals surface area contributed by atoms with Gasteiger partial charge in [0.2, 0.25) is 6.79 Å². The number of anilines is 1. The third kappa shape index (κ3) is 2.64. The molecule has 0 radical (unpaired) electrons. The Labute approximate surface area is 102 Å². The number of fused-ring (bicyclic) bond motifs is 1. The minimum absolute atomic E-state index is 0.0206. The molecule has 2 rings (SSSR count). The molecule has 0 saturated carbocycles. The summed E-state index contributed by atoms with van der Waals surface area (Å²) in [6.07, 6.45) is 0.918. The molecule has 1 aliphatic rings. The van der Waals surface area contributed by atoms with Crippen LogP contribution in [0.3, 0.4) is 0 Å². The molecule has 1 aromatic carbocycles. The zero-order chi connectivity index (χ0) is 12.5. The van der Waals surface area contributed by atoms with Gasteiger partial charge < -0.3 is 20.5 Å². The monoisotopic (exact) mass is 236 g/mol. The van der Waals surface area contributed by atoms with Gasteiger partial charge in [-0.2, -0.15) is 0 Å². The number of rotatable bonds is 4. The highest BCUT2D eigenvalue weighted by atomic mass is 16.7. The Morgan fingerprint density at radius 2 is 1.94 bits per heavy atom. The largest absolute Gasteiger partial charge is 0.454 e. The van der Waals surface area contributed by atoms with Crippen LogP contribution in [0.5, 0.6) is 11.5 Å². The number of ether oxygens (including phenoxy) is 2. The molecule has 0 saturated heterocycles. The minimum Gasteiger partial charge on any atom is -0.454 e. The summed E-state index contributed by atoms with van der Waals surface area (Å²) in [5.41, 5.74) is 7.82. The minimum atomic E-state index is -0.0206. The molecule has 0 atom stereocenters. The van der Waals surface area contributed by atoms with Gasteiger partial charge in [0.15, 0.2) is 11.5 Å². The highest BCUT2D eigenvalue weighted by Crippen LogP contribution is 2.37. The van der Waals surface area contributed by atoms with Crippen LogP contribution in [-0.2, 0) is 0 Å². The molecule has 4 nitrogen and oxygen atoms in total. The first-order chi connectivity index (χ1) is 8.02. The molecule has 94 valence electrons. The number of hydrogen-bond donors (Lipinski definition) is 2. The number of hydrogen-bond acceptors (Lipinski definition) is 4. The predicted molar refractivity (Wildman–Crippen MR) is 68.7 cm³/mol. The Balaban J connectivity index is 2.21. The fourth-order valence-electron chi connectivity index (χ4n) is 1.97. The van der Waals surface area contributed by atoms with Gasteiger partial charge in [-0.05, 0) is 45.4 Å². The Morgan fingerprint density at radius 3 is 2.59 bits per heavy atom. The van der Waals surface area contributed by atoms with Gasteiger partial charge in [-0.25, -0.2) is 0 Å². The maximum atomic E-state index is 5.61. The van der Waals surface area contributed by atoms with E-state index >= 15 is 0 Å². The zero-order valence-electron chi connectivity index (χ0n) is 10.7. The Bertz CT molecular complexity index is 416. The van der Waals surface area contributed by atoms with Crippen LogP contribution in [0.4, 0.5) is 5.69 Å². The van der Waals surface area contributed by atoms with Crippen LogP contribution in [-0.4, -0.2) is 18.9 Å². The maximum absolute atomic E-state index is 5.61. The fourth-order valence-corrected chi connectivity index (χ4v) is 1.97. The highest BCUT2D eigenvalue weighted by Gasteiger charge is 2.20. The van der Waals surface area contributed by atoms with E-state index in [9.17, 15) is 0 Å². The Morgan fingerprint density at radius 1 is 1.29 bits per heavy atom. The summed E-state index contributed by atoms with van der Waals surface area (Å²) in [6.45, 7) is 7.32. The smallest absolute Gasteiger partial charge is 0.231 e. The maximum Gasteiger partial charge on any atom is 0.231 e. The van der Waals surface area contributed by atoms with E-state index < -0.39 is 0 Å². The van der Waals surface area contributed by atoms with Crippen molar-refractivity contribution in [1.29, 1.82) is 0 Å². The number of nitrogens with two attached hydrogens (primary N) is 1. The first kappa shape index (κ1) is 12.0. The summed E-state index contributed by atoms with van der Waals surface area (Å²) in [4.78, 5) is 0. The SMILES string of the molecule is Cc1cc2c(cc1NC(C)(C)CCN)OCO2. The van der Waals surface area contributed by atoms with Crippen LogP contribution in [0.25, 0.3) is 0 Å². The van der Waals surface area contributed by atoms with E-state index in [-0.39, 0.29) is 5.54 Å². The van der Waals surface area contributed by atoms with Gasteiger partial charge in [0.05, 0.1) is 0 Å². The van der Waals surface area contributed by atoms with Crippen LogP contribution in [0.2, 0.25) is 0 Å². The summed E-state index contributed by atoms with van der Waals surface area (Å²) in [5, 5.41) is 3.50. The second kappa shape index (κ2) is 4.45. The summed E-state index contributed by atoms with van der Waals surface area (Å²) < 4.78 is 10.7. The van der Waals surface area contributed by atoms with Gasteiger partial charge >= 0.3 is 0 Å². The lowest BCUT2D eigenvalue weighted by atomic mass is 9.99. The summed E-state index contributed by atoms with van der Waals surface area (Å²) in [5.74, 6) is 1.63. The molecule has 17 heavy (non-hydrogen) atoms. The van der Waals surface area contributed by atoms with Crippen molar-refractivity contribution in [3.63, 3.8) is 0 Å². The lowest BCUT2D eigenvalue weighted by Crippen LogP contribution is -2.33. The van der Waals surface area contributed by atoms with E-state index in [0.717, 1.165) is 29.2 Å². The standard InChI is InChI=1S/C13H20N2O2/c1-9-6-11-12(17-8-16-11)7-10(9)15-13(2,3)4-5-14/h6-7,15H,4-5,8,14H2,1-3H3. The number of nitrogens with one attached hydrogen (secondary N) is 1. The lowest BCUT2D eigenvalue weighted by molar-refractivity contribution is 0.174. The molecule has 0 spiro atoms. The van der Waals surface area contributed by atoms with Crippen molar-refractivity contribution in [3.8, 4) is 11.5 Å². The summed E-state index contributed by atoms with van der Waals surface area (Å²) in [6, 6.07) is 4.00. The van der Waals surface area contributed by atoms with Crippen LogP contribution >= 0.6 is 0 Å². The number of benzene rings is 1. The van der Waals surface area contributed by atoms with Gasteiger partial charge in [0, 0.05) is 17.3 Å². The quantitative estimate of drug-likeness (QED) is 0.842. The van der Waals surface area contributed by atoms with Gasteiger partial charge in [0.25, 0.3) is 0 Å². The molecule has 0 amide bonds. The molecular weight excluding hydrogens is 216 g/mol. The van der Waals surface area contributed by atoms with Crippen molar-refractivity contribution in [3.05, 3.63) is 17.7 Å². The highest BCUT2D eigenvalue weighted by molar-refractivity contribution is 5.61. The second-order valence-electron chi connectivity index (χ2n) is 5.07. The third-order valence-corrected chi connectivity index (χ3v) is 2.96. The molecule has 1 aliphatic heterocycles. The average molecular weight is 236 g/mol. The number of aryl methyl sites for hydroxylation is 1. The normalized spacial score (nSPS) is 13.9. The van der Waals surface area contributed by atoms with Gasteiger partial charge in [-0.1, -0.05) is 0 Å². The van der Waals surface area contributed by atoms with E-state index in [2.05, 4.69) is 26.1 Å². The molecule has 0 fully saturated rings. The first-order valence-corrected chi connectivity index (χ1v) is 5.90. The van der Waals surface area contributed by atoms with Crippen molar-refractivity contribution in [2.75, 3.05) is 18.7 Å². The second-order valence-corrected chi connectivity index (χ2v) is 5.07. The van der Waals surface area contributed by atoms with E-state index in [1.165, 1.54) is 0 Å². The Hall–Kier alpha value is -1.42. The van der Waals surface area contributed by atoms with Crippen molar-refractivity contribution < 1.29 is 9.47 Å². The summed E-state index contributed by atoms with van der Waals surface area (Å²) in [7, 11) is 0. The van der Waals surface area contributed by atoms with E-state index in [1.54, 1.807) is 0 Å². The lowest BCUT2D eigenvalue weighted by Gasteiger charge is -2.28. The topological polar surface area (TPSA) is 56.5 Å². The van der Waals surface area contributed by atoms with Crippen LogP contribution in [0.1, 0.15) is 25.8 Å². The molecule has 0 bridgehead atoms. The van der Waals surface area contributed by atoms with Gasteiger partial charge in [-0.15, -0.1) is 0 Å². The van der Waals surface area contributed by atoms with E-state index in [1.807, 2.05) is 12.1 Å². The molecular formula is C13H20N2O2. The third-order valence-electron chi connectivity index (χ3n) is 2.96. The van der Waals surface area contributed by atoms with Crippen LogP contribution < -0.4 is 20.5 Å². The van der Waals surface area contributed by atoms with Crippen molar-refractivity contribution in [2.24, 2.45) is 5.73 Å². The Kier molecular flexibility index (Phi) is 3.15. The first-order valence-electron chi connectivity index (χ1n) is 5.90. The van der Waals surface area contributed by atoms with Crippen molar-refractivity contribution in [2.45, 2.75) is 32.7 Å². The fraction of sp³-hybridized carbons (Fsp3) is 0.538. The predicted octanol–water partition coefficient (Wildman–Crippen LogP) is 2.26. The van der Waals surface area contributed by atoms with Crippen molar-refractivity contribution in [1.82, 2.24) is 0 Å². The van der Waals surface area contributed by atoms with Gasteiger partial charge in [0.1, 0.15) is 0 Å². The summed E-state index contributed by atoms with van der Waals surface area (Å²) >= 11 is 0. The molecule has 0 aliphatic carbocycles. The molecule has 0 aromatic heterocycles. The van der Waals surface area contributed by atoms with E-state index in [4.69, 9.17) is 15.2 Å².